The van der Waals surface area contributed by atoms with Crippen LogP contribution in [0.1, 0.15) is 36.5 Å². The van der Waals surface area contributed by atoms with E-state index in [1.54, 1.807) is 14.2 Å². The van der Waals surface area contributed by atoms with Crippen molar-refractivity contribution < 1.29 is 18.9 Å². The molecule has 2 aromatic carbocycles. The Labute approximate surface area is 150 Å². The van der Waals surface area contributed by atoms with Crippen LogP contribution >= 0.6 is 0 Å². The average molecular weight is 344 g/mol. The average Bonchev–Trinajstić information content (AvgIpc) is 2.65. The van der Waals surface area contributed by atoms with E-state index in [9.17, 15) is 0 Å². The van der Waals surface area contributed by atoms with Gasteiger partial charge >= 0.3 is 0 Å². The van der Waals surface area contributed by atoms with Crippen molar-refractivity contribution in [2.24, 2.45) is 0 Å². The molecule has 25 heavy (non-hydrogen) atoms. The number of hydrogen-bond donors (Lipinski definition) is 0. The van der Waals surface area contributed by atoms with Crippen LogP contribution in [0.5, 0.6) is 11.5 Å². The standard InChI is InChI=1S/C21H28O4/c1-5-17-8-6-10-19(21(17)25-15-23-4)12-16(2)18-9-7-11-20(13-18)24-14-22-3/h6-11,13,16H,5,12,14-15H2,1-4H3. The molecule has 1 unspecified atom stereocenters. The highest BCUT2D eigenvalue weighted by Gasteiger charge is 2.14. The van der Waals surface area contributed by atoms with E-state index in [1.165, 1.54) is 16.7 Å². The van der Waals surface area contributed by atoms with Gasteiger partial charge in [0.1, 0.15) is 11.5 Å². The lowest BCUT2D eigenvalue weighted by Gasteiger charge is -2.18. The molecule has 0 spiro atoms. The monoisotopic (exact) mass is 344 g/mol. The van der Waals surface area contributed by atoms with Gasteiger partial charge in [-0.2, -0.15) is 0 Å². The number of rotatable bonds is 10. The summed E-state index contributed by atoms with van der Waals surface area (Å²) in [5, 5.41) is 0. The van der Waals surface area contributed by atoms with E-state index >= 15 is 0 Å². The molecule has 0 aliphatic heterocycles. The van der Waals surface area contributed by atoms with Crippen LogP contribution in [0.15, 0.2) is 42.5 Å². The fourth-order valence-electron chi connectivity index (χ4n) is 2.87. The summed E-state index contributed by atoms with van der Waals surface area (Å²) in [6.45, 7) is 4.87. The molecular weight excluding hydrogens is 316 g/mol. The number of ether oxygens (including phenoxy) is 4. The maximum Gasteiger partial charge on any atom is 0.188 e. The lowest BCUT2D eigenvalue weighted by molar-refractivity contribution is 0.0497. The summed E-state index contributed by atoms with van der Waals surface area (Å²) in [5.41, 5.74) is 3.64. The summed E-state index contributed by atoms with van der Waals surface area (Å²) in [6, 6.07) is 14.5. The van der Waals surface area contributed by atoms with Crippen molar-refractivity contribution in [1.82, 2.24) is 0 Å². The van der Waals surface area contributed by atoms with Crippen molar-refractivity contribution in [3.05, 3.63) is 59.2 Å². The van der Waals surface area contributed by atoms with Crippen LogP contribution in [0.4, 0.5) is 0 Å². The Kier molecular flexibility index (Phi) is 7.76. The summed E-state index contributed by atoms with van der Waals surface area (Å²) in [7, 11) is 3.26. The van der Waals surface area contributed by atoms with E-state index in [0.29, 0.717) is 5.92 Å². The van der Waals surface area contributed by atoms with Gasteiger partial charge in [0, 0.05) is 14.2 Å². The van der Waals surface area contributed by atoms with Gasteiger partial charge < -0.3 is 18.9 Å². The molecule has 0 radical (unpaired) electrons. The first-order valence-corrected chi connectivity index (χ1v) is 8.63. The molecule has 136 valence electrons. The van der Waals surface area contributed by atoms with Crippen molar-refractivity contribution >= 4 is 0 Å². The van der Waals surface area contributed by atoms with Crippen LogP contribution in [0.2, 0.25) is 0 Å². The van der Waals surface area contributed by atoms with E-state index in [4.69, 9.17) is 18.9 Å². The Morgan fingerprint density at radius 3 is 2.28 bits per heavy atom. The SMILES string of the molecule is CCc1cccc(CC(C)c2cccc(OCOC)c2)c1OCOC. The third-order valence-corrected chi connectivity index (χ3v) is 4.18. The number of methoxy groups -OCH3 is 2. The summed E-state index contributed by atoms with van der Waals surface area (Å²) in [6.07, 6.45) is 1.82. The van der Waals surface area contributed by atoms with Gasteiger partial charge in [-0.25, -0.2) is 0 Å². The first kappa shape index (κ1) is 19.3. The summed E-state index contributed by atoms with van der Waals surface area (Å²) in [4.78, 5) is 0. The van der Waals surface area contributed by atoms with Crippen LogP contribution in [0.25, 0.3) is 0 Å². The van der Waals surface area contributed by atoms with Gasteiger partial charge in [-0.3, -0.25) is 0 Å². The molecule has 0 saturated heterocycles. The molecule has 0 saturated carbocycles. The van der Waals surface area contributed by atoms with Crippen molar-refractivity contribution in [3.63, 3.8) is 0 Å². The van der Waals surface area contributed by atoms with Gasteiger partial charge in [0.2, 0.25) is 0 Å². The summed E-state index contributed by atoms with van der Waals surface area (Å²) >= 11 is 0. The molecule has 0 N–H and O–H groups in total. The van der Waals surface area contributed by atoms with E-state index < -0.39 is 0 Å². The minimum Gasteiger partial charge on any atom is -0.468 e. The zero-order valence-electron chi connectivity index (χ0n) is 15.6. The molecule has 4 heteroatoms. The minimum absolute atomic E-state index is 0.255. The van der Waals surface area contributed by atoms with Gasteiger partial charge in [0.05, 0.1) is 0 Å². The smallest absolute Gasteiger partial charge is 0.188 e. The van der Waals surface area contributed by atoms with Crippen LogP contribution in [-0.2, 0) is 22.3 Å². The topological polar surface area (TPSA) is 36.9 Å². The first-order chi connectivity index (χ1) is 12.2. The van der Waals surface area contributed by atoms with Crippen molar-refractivity contribution in [1.29, 1.82) is 0 Å². The molecule has 0 amide bonds. The molecular formula is C21H28O4. The van der Waals surface area contributed by atoms with Gasteiger partial charge in [-0.15, -0.1) is 0 Å². The summed E-state index contributed by atoms with van der Waals surface area (Å²) < 4.78 is 21.5. The largest absolute Gasteiger partial charge is 0.468 e. The Morgan fingerprint density at radius 2 is 1.56 bits per heavy atom. The van der Waals surface area contributed by atoms with Crippen molar-refractivity contribution in [2.45, 2.75) is 32.6 Å². The first-order valence-electron chi connectivity index (χ1n) is 8.63. The molecule has 0 aliphatic rings. The van der Waals surface area contributed by atoms with Crippen LogP contribution in [0.3, 0.4) is 0 Å². The Morgan fingerprint density at radius 1 is 0.880 bits per heavy atom. The van der Waals surface area contributed by atoms with Crippen LogP contribution in [-0.4, -0.2) is 27.8 Å². The van der Waals surface area contributed by atoms with Crippen LogP contribution < -0.4 is 9.47 Å². The van der Waals surface area contributed by atoms with Gasteiger partial charge in [0.25, 0.3) is 0 Å². The fraction of sp³-hybridized carbons (Fsp3) is 0.429. The second-order valence-electron chi connectivity index (χ2n) is 6.04. The molecule has 0 aromatic heterocycles. The van der Waals surface area contributed by atoms with Gasteiger partial charge in [0.15, 0.2) is 13.6 Å². The molecule has 0 fully saturated rings. The molecule has 2 aromatic rings. The maximum absolute atomic E-state index is 5.86. The number of aryl methyl sites for hydroxylation is 1. The Hall–Kier alpha value is -2.04. The zero-order chi connectivity index (χ0) is 18.1. The van der Waals surface area contributed by atoms with Gasteiger partial charge in [-0.1, -0.05) is 44.2 Å². The number of para-hydroxylation sites is 1. The molecule has 2 rings (SSSR count). The predicted octanol–water partition coefficient (Wildman–Crippen LogP) is 4.56. The quantitative estimate of drug-likeness (QED) is 0.592. The van der Waals surface area contributed by atoms with E-state index in [0.717, 1.165) is 24.3 Å². The fourth-order valence-corrected chi connectivity index (χ4v) is 2.87. The Bertz CT molecular complexity index is 654. The van der Waals surface area contributed by atoms with Crippen molar-refractivity contribution in [2.75, 3.05) is 27.8 Å². The molecule has 0 heterocycles. The third kappa shape index (κ3) is 5.48. The van der Waals surface area contributed by atoms with E-state index in [2.05, 4.69) is 44.2 Å². The minimum atomic E-state index is 0.255. The molecule has 0 bridgehead atoms. The Balaban J connectivity index is 2.18. The predicted molar refractivity (Wildman–Crippen MR) is 99.4 cm³/mol. The van der Waals surface area contributed by atoms with E-state index in [1.807, 2.05) is 12.1 Å². The number of benzene rings is 2. The number of hydrogen-bond acceptors (Lipinski definition) is 4. The maximum atomic E-state index is 5.86. The van der Waals surface area contributed by atoms with Gasteiger partial charge in [-0.05, 0) is 47.6 Å². The third-order valence-electron chi connectivity index (χ3n) is 4.18. The van der Waals surface area contributed by atoms with Crippen LogP contribution in [0, 0.1) is 0 Å². The normalized spacial score (nSPS) is 12.0. The summed E-state index contributed by atoms with van der Waals surface area (Å²) in [5.74, 6) is 2.11. The highest BCUT2D eigenvalue weighted by atomic mass is 16.7. The lowest BCUT2D eigenvalue weighted by atomic mass is 9.92. The highest BCUT2D eigenvalue weighted by Crippen LogP contribution is 2.31. The van der Waals surface area contributed by atoms with E-state index in [-0.39, 0.29) is 13.6 Å². The lowest BCUT2D eigenvalue weighted by Crippen LogP contribution is -2.07. The van der Waals surface area contributed by atoms with Crippen molar-refractivity contribution in [3.8, 4) is 11.5 Å². The molecule has 4 nitrogen and oxygen atoms in total. The second-order valence-corrected chi connectivity index (χ2v) is 6.04. The zero-order valence-corrected chi connectivity index (χ0v) is 15.6. The second kappa shape index (κ2) is 10.1. The molecule has 1 atom stereocenters. The molecule has 0 aliphatic carbocycles. The highest BCUT2D eigenvalue weighted by molar-refractivity contribution is 5.43.